The van der Waals surface area contributed by atoms with Crippen LogP contribution in [0.1, 0.15) is 12.5 Å². The number of phenolic OH excluding ortho intramolecular Hbond substituents is 1. The summed E-state index contributed by atoms with van der Waals surface area (Å²) in [6.45, 7) is 3.57. The van der Waals surface area contributed by atoms with Gasteiger partial charge in [-0.15, -0.1) is 0 Å². The minimum absolute atomic E-state index is 0.0456. The Labute approximate surface area is 114 Å². The van der Waals surface area contributed by atoms with Crippen LogP contribution in [0.2, 0.25) is 0 Å². The molecule has 0 heterocycles. The van der Waals surface area contributed by atoms with E-state index in [9.17, 15) is 9.90 Å². The van der Waals surface area contributed by atoms with Gasteiger partial charge in [0.05, 0.1) is 13.7 Å². The Kier molecular flexibility index (Phi) is 5.63. The second kappa shape index (κ2) is 6.99. The second-order valence-electron chi connectivity index (χ2n) is 4.56. The molecule has 1 amide bonds. The average molecular weight is 266 g/mol. The van der Waals surface area contributed by atoms with Gasteiger partial charge in [-0.1, -0.05) is 19.1 Å². The molecule has 0 spiro atoms. The molecule has 0 saturated carbocycles. The highest BCUT2D eigenvalue weighted by atomic mass is 16.5. The van der Waals surface area contributed by atoms with E-state index >= 15 is 0 Å². The Morgan fingerprint density at radius 3 is 2.58 bits per heavy atom. The largest absolute Gasteiger partial charge is 0.504 e. The van der Waals surface area contributed by atoms with Gasteiger partial charge in [0.15, 0.2) is 11.5 Å². The quantitative estimate of drug-likeness (QED) is 0.843. The minimum Gasteiger partial charge on any atom is -0.504 e. The monoisotopic (exact) mass is 266 g/mol. The van der Waals surface area contributed by atoms with Gasteiger partial charge in [0.1, 0.15) is 0 Å². The maximum absolute atomic E-state index is 11.7. The minimum atomic E-state index is 0.0456. The van der Waals surface area contributed by atoms with E-state index in [4.69, 9.17) is 4.74 Å². The highest BCUT2D eigenvalue weighted by molar-refractivity contribution is 5.77. The van der Waals surface area contributed by atoms with Crippen molar-refractivity contribution in [2.75, 3.05) is 34.3 Å². The summed E-state index contributed by atoms with van der Waals surface area (Å²) in [5.74, 6) is 0.637. The van der Waals surface area contributed by atoms with Crippen molar-refractivity contribution in [3.63, 3.8) is 0 Å². The fraction of sp³-hybridized carbons (Fsp3) is 0.500. The standard InChI is InChI=1S/C14H22N2O3/c1-5-16(10-13(17)15(2)3)9-11-7-6-8-12(19-4)14(11)18/h6-8,18H,5,9-10H2,1-4H3. The molecule has 0 fully saturated rings. The van der Waals surface area contributed by atoms with Gasteiger partial charge in [0.2, 0.25) is 5.91 Å². The maximum atomic E-state index is 11.7. The third-order valence-corrected chi connectivity index (χ3v) is 3.00. The zero-order valence-electron chi connectivity index (χ0n) is 12.0. The summed E-state index contributed by atoms with van der Waals surface area (Å²) in [6, 6.07) is 5.37. The van der Waals surface area contributed by atoms with E-state index in [0.29, 0.717) is 18.8 Å². The molecule has 1 rings (SSSR count). The van der Waals surface area contributed by atoms with Crippen LogP contribution in [0.3, 0.4) is 0 Å². The number of hydrogen-bond donors (Lipinski definition) is 1. The Hall–Kier alpha value is -1.75. The number of hydrogen-bond acceptors (Lipinski definition) is 4. The van der Waals surface area contributed by atoms with E-state index in [1.165, 1.54) is 7.11 Å². The van der Waals surface area contributed by atoms with Gasteiger partial charge in [0.25, 0.3) is 0 Å². The molecule has 0 unspecified atom stereocenters. The molecule has 0 aliphatic heterocycles. The van der Waals surface area contributed by atoms with Crippen LogP contribution in [0, 0.1) is 0 Å². The number of rotatable bonds is 6. The molecule has 0 atom stereocenters. The van der Waals surface area contributed by atoms with Gasteiger partial charge in [-0.25, -0.2) is 0 Å². The highest BCUT2D eigenvalue weighted by Crippen LogP contribution is 2.30. The number of amides is 1. The number of ether oxygens (including phenoxy) is 1. The molecule has 5 heteroatoms. The predicted molar refractivity (Wildman–Crippen MR) is 74.3 cm³/mol. The number of aromatic hydroxyl groups is 1. The van der Waals surface area contributed by atoms with Gasteiger partial charge in [0, 0.05) is 26.2 Å². The average Bonchev–Trinajstić information content (AvgIpc) is 2.39. The molecule has 0 aliphatic carbocycles. The summed E-state index contributed by atoms with van der Waals surface area (Å²) in [5.41, 5.74) is 0.757. The molecule has 1 aromatic rings. The van der Waals surface area contributed by atoms with E-state index in [0.717, 1.165) is 12.1 Å². The van der Waals surface area contributed by atoms with E-state index in [1.807, 2.05) is 24.0 Å². The summed E-state index contributed by atoms with van der Waals surface area (Å²) < 4.78 is 5.08. The molecule has 106 valence electrons. The van der Waals surface area contributed by atoms with Crippen LogP contribution in [-0.4, -0.2) is 55.1 Å². The van der Waals surface area contributed by atoms with Crippen molar-refractivity contribution in [1.82, 2.24) is 9.80 Å². The number of benzene rings is 1. The first-order chi connectivity index (χ1) is 8.99. The van der Waals surface area contributed by atoms with Crippen LogP contribution in [0.4, 0.5) is 0 Å². The highest BCUT2D eigenvalue weighted by Gasteiger charge is 2.14. The van der Waals surface area contributed by atoms with Gasteiger partial charge >= 0.3 is 0 Å². The third-order valence-electron chi connectivity index (χ3n) is 3.00. The summed E-state index contributed by atoms with van der Waals surface area (Å²) in [4.78, 5) is 15.2. The van der Waals surface area contributed by atoms with Gasteiger partial charge in [-0.3, -0.25) is 9.69 Å². The zero-order chi connectivity index (χ0) is 14.4. The van der Waals surface area contributed by atoms with E-state index in [1.54, 1.807) is 25.1 Å². The first-order valence-corrected chi connectivity index (χ1v) is 6.27. The van der Waals surface area contributed by atoms with Gasteiger partial charge in [-0.05, 0) is 12.6 Å². The lowest BCUT2D eigenvalue weighted by Gasteiger charge is -2.22. The number of carbonyl (C=O) groups is 1. The molecule has 1 aromatic carbocycles. The number of methoxy groups -OCH3 is 1. The SMILES string of the molecule is CCN(CC(=O)N(C)C)Cc1cccc(OC)c1O. The Morgan fingerprint density at radius 1 is 1.37 bits per heavy atom. The van der Waals surface area contributed by atoms with Crippen LogP contribution < -0.4 is 4.74 Å². The lowest BCUT2D eigenvalue weighted by Crippen LogP contribution is -2.36. The molecule has 1 N–H and O–H groups in total. The number of nitrogens with zero attached hydrogens (tertiary/aromatic N) is 2. The van der Waals surface area contributed by atoms with Crippen molar-refractivity contribution >= 4 is 5.91 Å². The number of likely N-dealkylation sites (N-methyl/N-ethyl adjacent to an activating group) is 2. The number of carbonyl (C=O) groups excluding carboxylic acids is 1. The van der Waals surface area contributed by atoms with Crippen LogP contribution in [0.5, 0.6) is 11.5 Å². The Balaban J connectivity index is 2.79. The van der Waals surface area contributed by atoms with Crippen molar-refractivity contribution in [2.45, 2.75) is 13.5 Å². The predicted octanol–water partition coefficient (Wildman–Crippen LogP) is 1.31. The van der Waals surface area contributed by atoms with E-state index in [2.05, 4.69) is 0 Å². The van der Waals surface area contributed by atoms with Crippen molar-refractivity contribution in [3.8, 4) is 11.5 Å². The molecule has 0 bridgehead atoms. The van der Waals surface area contributed by atoms with Crippen LogP contribution in [0.15, 0.2) is 18.2 Å². The molecule has 5 nitrogen and oxygen atoms in total. The molecule has 0 aliphatic rings. The molecule has 0 radical (unpaired) electrons. The summed E-state index contributed by atoms with van der Waals surface area (Å²) >= 11 is 0. The smallest absolute Gasteiger partial charge is 0.236 e. The Morgan fingerprint density at radius 2 is 2.05 bits per heavy atom. The van der Waals surface area contributed by atoms with E-state index in [-0.39, 0.29) is 11.7 Å². The first-order valence-electron chi connectivity index (χ1n) is 6.27. The fourth-order valence-electron chi connectivity index (χ4n) is 1.71. The molecule has 0 saturated heterocycles. The maximum Gasteiger partial charge on any atom is 0.236 e. The molecular weight excluding hydrogens is 244 g/mol. The number of phenols is 1. The normalized spacial score (nSPS) is 10.6. The van der Waals surface area contributed by atoms with Crippen molar-refractivity contribution in [3.05, 3.63) is 23.8 Å². The lowest BCUT2D eigenvalue weighted by atomic mass is 10.1. The summed E-state index contributed by atoms with van der Waals surface area (Å²) in [7, 11) is 4.99. The van der Waals surface area contributed by atoms with Crippen molar-refractivity contribution in [1.29, 1.82) is 0 Å². The molecule has 0 aromatic heterocycles. The fourth-order valence-corrected chi connectivity index (χ4v) is 1.71. The molecular formula is C14H22N2O3. The molecule has 19 heavy (non-hydrogen) atoms. The third kappa shape index (κ3) is 4.13. The summed E-state index contributed by atoms with van der Waals surface area (Å²) in [5, 5.41) is 10.0. The van der Waals surface area contributed by atoms with E-state index < -0.39 is 0 Å². The van der Waals surface area contributed by atoms with Crippen LogP contribution >= 0.6 is 0 Å². The van der Waals surface area contributed by atoms with Gasteiger partial charge in [-0.2, -0.15) is 0 Å². The van der Waals surface area contributed by atoms with Crippen LogP contribution in [0.25, 0.3) is 0 Å². The van der Waals surface area contributed by atoms with Crippen molar-refractivity contribution in [2.24, 2.45) is 0 Å². The van der Waals surface area contributed by atoms with Crippen LogP contribution in [-0.2, 0) is 11.3 Å². The number of para-hydroxylation sites is 1. The lowest BCUT2D eigenvalue weighted by molar-refractivity contribution is -0.130. The first kappa shape index (κ1) is 15.3. The van der Waals surface area contributed by atoms with Gasteiger partial charge < -0.3 is 14.7 Å². The topological polar surface area (TPSA) is 53.0 Å². The zero-order valence-corrected chi connectivity index (χ0v) is 12.0. The summed E-state index contributed by atoms with van der Waals surface area (Å²) in [6.07, 6.45) is 0. The Bertz CT molecular complexity index is 433. The second-order valence-corrected chi connectivity index (χ2v) is 4.56. The van der Waals surface area contributed by atoms with Crippen molar-refractivity contribution < 1.29 is 14.6 Å².